The lowest BCUT2D eigenvalue weighted by Crippen LogP contribution is -2.43. The molecule has 3 rings (SSSR count). The largest absolute Gasteiger partial charge is 0.491 e. The number of carbonyl (C=O) groups excluding carboxylic acids is 1. The summed E-state index contributed by atoms with van der Waals surface area (Å²) in [6.45, 7) is 6.37. The highest BCUT2D eigenvalue weighted by Crippen LogP contribution is 2.25. The van der Waals surface area contributed by atoms with Crippen LogP contribution in [-0.4, -0.2) is 37.8 Å². The van der Waals surface area contributed by atoms with Crippen LogP contribution in [0.1, 0.15) is 45.2 Å². The summed E-state index contributed by atoms with van der Waals surface area (Å²) >= 11 is 0. The summed E-state index contributed by atoms with van der Waals surface area (Å²) in [5.41, 5.74) is 0.973. The van der Waals surface area contributed by atoms with Crippen molar-refractivity contribution < 1.29 is 22.3 Å². The number of rotatable bonds is 7. The van der Waals surface area contributed by atoms with E-state index in [9.17, 15) is 17.6 Å². The van der Waals surface area contributed by atoms with Gasteiger partial charge >= 0.3 is 0 Å². The van der Waals surface area contributed by atoms with Gasteiger partial charge in [-0.05, 0) is 75.6 Å². The molecule has 31 heavy (non-hydrogen) atoms. The van der Waals surface area contributed by atoms with Crippen molar-refractivity contribution in [2.75, 3.05) is 13.1 Å². The summed E-state index contributed by atoms with van der Waals surface area (Å²) in [7, 11) is -3.68. The maximum atomic E-state index is 13.1. The lowest BCUT2D eigenvalue weighted by Gasteiger charge is -2.31. The van der Waals surface area contributed by atoms with Crippen LogP contribution in [0.5, 0.6) is 5.75 Å². The van der Waals surface area contributed by atoms with Gasteiger partial charge in [0.1, 0.15) is 11.6 Å². The number of sulfonamides is 1. The minimum Gasteiger partial charge on any atom is -0.491 e. The van der Waals surface area contributed by atoms with Crippen molar-refractivity contribution in [3.05, 3.63) is 59.9 Å². The first-order valence-corrected chi connectivity index (χ1v) is 11.9. The van der Waals surface area contributed by atoms with Crippen molar-refractivity contribution in [2.24, 2.45) is 5.92 Å². The van der Waals surface area contributed by atoms with E-state index in [1.165, 1.54) is 16.4 Å². The molecule has 1 saturated heterocycles. The molecule has 0 bridgehead atoms. The number of nitrogens with zero attached hydrogens (tertiary/aromatic N) is 1. The maximum absolute atomic E-state index is 13.1. The first-order valence-electron chi connectivity index (χ1n) is 10.5. The molecule has 1 fully saturated rings. The molecule has 1 N–H and O–H groups in total. The number of carbonyl (C=O) groups is 1. The van der Waals surface area contributed by atoms with Crippen LogP contribution in [0.15, 0.2) is 53.4 Å². The molecular weight excluding hydrogens is 419 g/mol. The third-order valence-electron chi connectivity index (χ3n) is 5.39. The normalized spacial score (nSPS) is 16.8. The zero-order valence-electron chi connectivity index (χ0n) is 18.0. The third-order valence-corrected chi connectivity index (χ3v) is 7.30. The molecule has 0 radical (unpaired) electrons. The number of hydrogen-bond donors (Lipinski definition) is 1. The molecular formula is C23H29FN2O4S. The summed E-state index contributed by atoms with van der Waals surface area (Å²) in [4.78, 5) is 12.8. The average Bonchev–Trinajstić information content (AvgIpc) is 2.74. The summed E-state index contributed by atoms with van der Waals surface area (Å²) in [6, 6.07) is 12.3. The Hall–Kier alpha value is -2.45. The van der Waals surface area contributed by atoms with Crippen molar-refractivity contribution in [2.45, 2.75) is 50.7 Å². The second-order valence-electron chi connectivity index (χ2n) is 8.10. The van der Waals surface area contributed by atoms with Crippen LogP contribution in [0.3, 0.4) is 0 Å². The quantitative estimate of drug-likeness (QED) is 0.697. The standard InChI is InChI=1S/C23H29FN2O4S/c1-16(2)30-21-8-4-18(5-9-21)17(3)25-23(27)19-12-14-26(15-13-19)31(28,29)22-10-6-20(24)7-11-22/h4-11,16-17,19H,12-15H2,1-3H3,(H,25,27). The van der Waals surface area contributed by atoms with Gasteiger partial charge in [0.05, 0.1) is 17.0 Å². The molecule has 2 aromatic rings. The number of piperidine rings is 1. The molecule has 1 aliphatic heterocycles. The average molecular weight is 449 g/mol. The fraction of sp³-hybridized carbons (Fsp3) is 0.435. The van der Waals surface area contributed by atoms with Gasteiger partial charge in [-0.15, -0.1) is 0 Å². The highest BCUT2D eigenvalue weighted by molar-refractivity contribution is 7.89. The van der Waals surface area contributed by atoms with E-state index in [1.807, 2.05) is 45.0 Å². The number of amides is 1. The molecule has 6 nitrogen and oxygen atoms in total. The molecule has 1 amide bonds. The highest BCUT2D eigenvalue weighted by Gasteiger charge is 2.32. The maximum Gasteiger partial charge on any atom is 0.243 e. The predicted octanol–water partition coefficient (Wildman–Crippen LogP) is 3.89. The van der Waals surface area contributed by atoms with Crippen LogP contribution < -0.4 is 10.1 Å². The first-order chi connectivity index (χ1) is 14.7. The molecule has 0 spiro atoms. The van der Waals surface area contributed by atoms with Crippen molar-refractivity contribution in [1.29, 1.82) is 0 Å². The zero-order valence-corrected chi connectivity index (χ0v) is 18.9. The minimum atomic E-state index is -3.68. The Morgan fingerprint density at radius 2 is 1.61 bits per heavy atom. The number of nitrogens with one attached hydrogen (secondary N) is 1. The molecule has 1 aliphatic rings. The molecule has 168 valence electrons. The molecule has 1 heterocycles. The van der Waals surface area contributed by atoms with Crippen LogP contribution in [0.25, 0.3) is 0 Å². The van der Waals surface area contributed by atoms with Gasteiger partial charge in [-0.25, -0.2) is 12.8 Å². The fourth-order valence-electron chi connectivity index (χ4n) is 3.64. The van der Waals surface area contributed by atoms with E-state index in [2.05, 4.69) is 5.32 Å². The Labute approximate surface area is 183 Å². The second-order valence-corrected chi connectivity index (χ2v) is 10.0. The molecule has 0 aromatic heterocycles. The van der Waals surface area contributed by atoms with Crippen molar-refractivity contribution >= 4 is 15.9 Å². The van der Waals surface area contributed by atoms with Gasteiger partial charge in [-0.2, -0.15) is 4.31 Å². The van der Waals surface area contributed by atoms with E-state index < -0.39 is 15.8 Å². The third kappa shape index (κ3) is 5.83. The number of ether oxygens (including phenoxy) is 1. The molecule has 0 saturated carbocycles. The Morgan fingerprint density at radius 3 is 2.16 bits per heavy atom. The van der Waals surface area contributed by atoms with Crippen molar-refractivity contribution in [3.8, 4) is 5.75 Å². The van der Waals surface area contributed by atoms with Gasteiger partial charge in [-0.3, -0.25) is 4.79 Å². The number of hydrogen-bond acceptors (Lipinski definition) is 4. The summed E-state index contributed by atoms with van der Waals surface area (Å²) in [6.07, 6.45) is 0.987. The lowest BCUT2D eigenvalue weighted by molar-refractivity contribution is -0.126. The van der Waals surface area contributed by atoms with E-state index >= 15 is 0 Å². The van der Waals surface area contributed by atoms with Crippen molar-refractivity contribution in [3.63, 3.8) is 0 Å². The summed E-state index contributed by atoms with van der Waals surface area (Å²) in [5.74, 6) is -0.0166. The van der Waals surface area contributed by atoms with E-state index in [1.54, 1.807) is 0 Å². The molecule has 1 atom stereocenters. The first kappa shape index (κ1) is 23.2. The van der Waals surface area contributed by atoms with E-state index in [0.717, 1.165) is 23.4 Å². The number of benzene rings is 2. The van der Waals surface area contributed by atoms with E-state index in [4.69, 9.17) is 4.74 Å². The molecule has 2 aromatic carbocycles. The van der Waals surface area contributed by atoms with Gasteiger partial charge in [0.2, 0.25) is 15.9 Å². The minimum absolute atomic E-state index is 0.0651. The molecule has 8 heteroatoms. The summed E-state index contributed by atoms with van der Waals surface area (Å²) in [5, 5.41) is 3.03. The van der Waals surface area contributed by atoms with Crippen molar-refractivity contribution in [1.82, 2.24) is 9.62 Å². The molecule has 0 aliphatic carbocycles. The predicted molar refractivity (Wildman–Crippen MR) is 117 cm³/mol. The fourth-order valence-corrected chi connectivity index (χ4v) is 5.11. The lowest BCUT2D eigenvalue weighted by atomic mass is 9.96. The van der Waals surface area contributed by atoms with Gasteiger partial charge in [0.25, 0.3) is 0 Å². The smallest absolute Gasteiger partial charge is 0.243 e. The van der Waals surface area contributed by atoms with Gasteiger partial charge < -0.3 is 10.1 Å². The Morgan fingerprint density at radius 1 is 1.03 bits per heavy atom. The monoisotopic (exact) mass is 448 g/mol. The van der Waals surface area contributed by atoms with Gasteiger partial charge in [0.15, 0.2) is 0 Å². The topological polar surface area (TPSA) is 75.7 Å². The van der Waals surface area contributed by atoms with Crippen LogP contribution in [0, 0.1) is 11.7 Å². The van der Waals surface area contributed by atoms with Crippen LogP contribution in [0.4, 0.5) is 4.39 Å². The van der Waals surface area contributed by atoms with E-state index in [0.29, 0.717) is 12.8 Å². The van der Waals surface area contributed by atoms with Crippen LogP contribution in [-0.2, 0) is 14.8 Å². The SMILES string of the molecule is CC(C)Oc1ccc(C(C)NC(=O)C2CCN(S(=O)(=O)c3ccc(F)cc3)CC2)cc1. The second kappa shape index (κ2) is 9.78. The highest BCUT2D eigenvalue weighted by atomic mass is 32.2. The summed E-state index contributed by atoms with van der Waals surface area (Å²) < 4.78 is 45.5. The Kier molecular flexibility index (Phi) is 7.33. The Balaban J connectivity index is 1.54. The van der Waals surface area contributed by atoms with Crippen LogP contribution in [0.2, 0.25) is 0 Å². The van der Waals surface area contributed by atoms with Crippen LogP contribution >= 0.6 is 0 Å². The van der Waals surface area contributed by atoms with Gasteiger partial charge in [0, 0.05) is 19.0 Å². The zero-order chi connectivity index (χ0) is 22.6. The Bertz CT molecular complexity index is 983. The van der Waals surface area contributed by atoms with E-state index in [-0.39, 0.29) is 42.0 Å². The van der Waals surface area contributed by atoms with Gasteiger partial charge in [-0.1, -0.05) is 12.1 Å². The molecule has 1 unspecified atom stereocenters. The number of halogens is 1.